The molecule has 3 aliphatic rings. The van der Waals surface area contributed by atoms with Gasteiger partial charge in [-0.25, -0.2) is 4.98 Å². The fraction of sp³-hybridized carbons (Fsp3) is 0.765. The van der Waals surface area contributed by atoms with Crippen molar-refractivity contribution < 1.29 is 17.9 Å². The standard InChI is InChI=1S/C17H24F3N5O/c1-11-8-25-9-12(6-13(25)10-26-11)21-15-7-14(17(18,19)20)22-16(23-15)24-4-2-3-5-24/h7,11-13H,2-6,8-10H2,1H3,(H,21,22,23)/t11-,12+,13-/m0/s1. The maximum absolute atomic E-state index is 13.3. The molecule has 0 saturated carbocycles. The number of nitrogens with one attached hydrogen (secondary N) is 1. The lowest BCUT2D eigenvalue weighted by Crippen LogP contribution is -2.45. The summed E-state index contributed by atoms with van der Waals surface area (Å²) >= 11 is 0. The molecule has 3 fully saturated rings. The second-order valence-electron chi connectivity index (χ2n) is 7.46. The first kappa shape index (κ1) is 17.8. The molecule has 0 unspecified atom stereocenters. The van der Waals surface area contributed by atoms with Crippen LogP contribution in [0.15, 0.2) is 6.07 Å². The molecule has 1 aromatic heterocycles. The fourth-order valence-corrected chi connectivity index (χ4v) is 4.07. The van der Waals surface area contributed by atoms with E-state index in [0.29, 0.717) is 25.7 Å². The van der Waals surface area contributed by atoms with Crippen LogP contribution in [-0.2, 0) is 10.9 Å². The third-order valence-corrected chi connectivity index (χ3v) is 5.34. The predicted octanol–water partition coefficient (Wildman–Crippen LogP) is 2.37. The Kier molecular flexibility index (Phi) is 4.68. The normalized spacial score (nSPS) is 29.8. The molecule has 26 heavy (non-hydrogen) atoms. The molecule has 0 bridgehead atoms. The van der Waals surface area contributed by atoms with Crippen molar-refractivity contribution in [1.29, 1.82) is 0 Å². The lowest BCUT2D eigenvalue weighted by Gasteiger charge is -2.33. The SMILES string of the molecule is C[C@H]1CN2C[C@H](Nc3cc(C(F)(F)F)nc(N4CCCC4)n3)C[C@H]2CO1. The number of ether oxygens (including phenoxy) is 1. The Morgan fingerprint density at radius 3 is 2.69 bits per heavy atom. The van der Waals surface area contributed by atoms with Crippen LogP contribution in [0, 0.1) is 0 Å². The van der Waals surface area contributed by atoms with Gasteiger partial charge in [0.2, 0.25) is 5.95 Å². The zero-order valence-corrected chi connectivity index (χ0v) is 14.8. The fourth-order valence-electron chi connectivity index (χ4n) is 4.07. The van der Waals surface area contributed by atoms with E-state index in [1.165, 1.54) is 0 Å². The molecule has 3 atom stereocenters. The number of rotatable bonds is 3. The van der Waals surface area contributed by atoms with Gasteiger partial charge in [0.15, 0.2) is 5.69 Å². The van der Waals surface area contributed by atoms with Crippen molar-refractivity contribution in [1.82, 2.24) is 14.9 Å². The van der Waals surface area contributed by atoms with Crippen LogP contribution >= 0.6 is 0 Å². The van der Waals surface area contributed by atoms with Gasteiger partial charge < -0.3 is 15.0 Å². The highest BCUT2D eigenvalue weighted by Gasteiger charge is 2.38. The molecule has 6 nitrogen and oxygen atoms in total. The predicted molar refractivity (Wildman–Crippen MR) is 91.3 cm³/mol. The van der Waals surface area contributed by atoms with E-state index < -0.39 is 11.9 Å². The van der Waals surface area contributed by atoms with Gasteiger partial charge in [-0.15, -0.1) is 0 Å². The average Bonchev–Trinajstić information content (AvgIpc) is 3.22. The molecular weight excluding hydrogens is 347 g/mol. The van der Waals surface area contributed by atoms with Crippen molar-refractivity contribution in [2.75, 3.05) is 43.0 Å². The number of halogens is 3. The van der Waals surface area contributed by atoms with E-state index in [4.69, 9.17) is 4.74 Å². The van der Waals surface area contributed by atoms with E-state index in [-0.39, 0.29) is 23.9 Å². The van der Waals surface area contributed by atoms with E-state index in [2.05, 4.69) is 20.2 Å². The van der Waals surface area contributed by atoms with E-state index in [1.54, 1.807) is 0 Å². The summed E-state index contributed by atoms with van der Waals surface area (Å²) in [6.45, 7) is 5.78. The second-order valence-corrected chi connectivity index (χ2v) is 7.46. The number of hydrogen-bond donors (Lipinski definition) is 1. The Morgan fingerprint density at radius 2 is 1.96 bits per heavy atom. The van der Waals surface area contributed by atoms with Crippen LogP contribution in [0.25, 0.3) is 0 Å². The average molecular weight is 371 g/mol. The van der Waals surface area contributed by atoms with Gasteiger partial charge in [0, 0.05) is 44.3 Å². The van der Waals surface area contributed by atoms with Crippen molar-refractivity contribution in [3.63, 3.8) is 0 Å². The van der Waals surface area contributed by atoms with Crippen LogP contribution in [0.3, 0.4) is 0 Å². The van der Waals surface area contributed by atoms with Gasteiger partial charge >= 0.3 is 6.18 Å². The number of aromatic nitrogens is 2. The first-order chi connectivity index (χ1) is 12.4. The van der Waals surface area contributed by atoms with E-state index in [0.717, 1.165) is 38.4 Å². The minimum Gasteiger partial charge on any atom is -0.376 e. The third kappa shape index (κ3) is 3.73. The summed E-state index contributed by atoms with van der Waals surface area (Å²) in [5.74, 6) is 0.431. The van der Waals surface area contributed by atoms with Crippen molar-refractivity contribution in [2.45, 2.75) is 50.6 Å². The van der Waals surface area contributed by atoms with Crippen molar-refractivity contribution >= 4 is 11.8 Å². The highest BCUT2D eigenvalue weighted by atomic mass is 19.4. The molecule has 4 rings (SSSR count). The molecular formula is C17H24F3N5O. The van der Waals surface area contributed by atoms with E-state index in [1.807, 2.05) is 11.8 Å². The molecule has 144 valence electrons. The van der Waals surface area contributed by atoms with Crippen molar-refractivity contribution in [2.24, 2.45) is 0 Å². The molecule has 0 aromatic carbocycles. The zero-order valence-electron chi connectivity index (χ0n) is 14.8. The Bertz CT molecular complexity index is 650. The highest BCUT2D eigenvalue weighted by Crippen LogP contribution is 2.32. The molecule has 0 aliphatic carbocycles. The van der Waals surface area contributed by atoms with Crippen molar-refractivity contribution in [3.8, 4) is 0 Å². The third-order valence-electron chi connectivity index (χ3n) is 5.34. The first-order valence-electron chi connectivity index (χ1n) is 9.22. The quantitative estimate of drug-likeness (QED) is 0.881. The zero-order chi connectivity index (χ0) is 18.3. The largest absolute Gasteiger partial charge is 0.433 e. The lowest BCUT2D eigenvalue weighted by molar-refractivity contribution is -0.141. The molecule has 1 N–H and O–H groups in total. The van der Waals surface area contributed by atoms with Gasteiger partial charge in [0.05, 0.1) is 12.7 Å². The molecule has 4 heterocycles. The molecule has 3 aliphatic heterocycles. The summed E-state index contributed by atoms with van der Waals surface area (Å²) in [6.07, 6.45) is -1.52. The maximum atomic E-state index is 13.3. The monoisotopic (exact) mass is 371 g/mol. The lowest BCUT2D eigenvalue weighted by atomic mass is 10.1. The Balaban J connectivity index is 1.53. The number of alkyl halides is 3. The molecule has 3 saturated heterocycles. The summed E-state index contributed by atoms with van der Waals surface area (Å²) in [4.78, 5) is 12.3. The van der Waals surface area contributed by atoms with Gasteiger partial charge in [-0.1, -0.05) is 0 Å². The summed E-state index contributed by atoms with van der Waals surface area (Å²) in [6, 6.07) is 1.41. The molecule has 0 spiro atoms. The highest BCUT2D eigenvalue weighted by molar-refractivity contribution is 5.46. The van der Waals surface area contributed by atoms with E-state index in [9.17, 15) is 13.2 Å². The maximum Gasteiger partial charge on any atom is 0.433 e. The van der Waals surface area contributed by atoms with Gasteiger partial charge in [-0.2, -0.15) is 18.2 Å². The van der Waals surface area contributed by atoms with Crippen LogP contribution in [0.4, 0.5) is 24.9 Å². The summed E-state index contributed by atoms with van der Waals surface area (Å²) in [5.41, 5.74) is -0.885. The smallest absolute Gasteiger partial charge is 0.376 e. The number of morpholine rings is 1. The van der Waals surface area contributed by atoms with E-state index >= 15 is 0 Å². The van der Waals surface area contributed by atoms with Crippen LogP contribution in [0.2, 0.25) is 0 Å². The van der Waals surface area contributed by atoms with Gasteiger partial charge in [0.1, 0.15) is 5.82 Å². The van der Waals surface area contributed by atoms with Crippen LogP contribution in [0.1, 0.15) is 31.9 Å². The summed E-state index contributed by atoms with van der Waals surface area (Å²) in [5, 5.41) is 3.21. The van der Waals surface area contributed by atoms with Crippen molar-refractivity contribution in [3.05, 3.63) is 11.8 Å². The molecule has 1 aromatic rings. The van der Waals surface area contributed by atoms with Crippen LogP contribution < -0.4 is 10.2 Å². The van der Waals surface area contributed by atoms with Crippen LogP contribution in [0.5, 0.6) is 0 Å². The first-order valence-corrected chi connectivity index (χ1v) is 9.22. The molecule has 0 amide bonds. The van der Waals surface area contributed by atoms with Gasteiger partial charge in [-0.05, 0) is 26.2 Å². The second kappa shape index (κ2) is 6.84. The molecule has 9 heteroatoms. The number of fused-ring (bicyclic) bond motifs is 1. The minimum atomic E-state index is -4.48. The number of anilines is 2. The Labute approximate surface area is 150 Å². The van der Waals surface area contributed by atoms with Gasteiger partial charge in [0.25, 0.3) is 0 Å². The number of hydrogen-bond acceptors (Lipinski definition) is 6. The van der Waals surface area contributed by atoms with Crippen LogP contribution in [-0.4, -0.2) is 65.8 Å². The topological polar surface area (TPSA) is 53.5 Å². The minimum absolute atomic E-state index is 0.0660. The van der Waals surface area contributed by atoms with Gasteiger partial charge in [-0.3, -0.25) is 4.90 Å². The summed E-state index contributed by atoms with van der Waals surface area (Å²) in [7, 11) is 0. The molecule has 0 radical (unpaired) electrons. The Hall–Kier alpha value is -1.61. The Morgan fingerprint density at radius 1 is 1.19 bits per heavy atom. The number of nitrogens with zero attached hydrogens (tertiary/aromatic N) is 4. The summed E-state index contributed by atoms with van der Waals surface area (Å²) < 4.78 is 45.5.